The molecule has 1 saturated heterocycles. The second-order valence-electron chi connectivity index (χ2n) is 4.86. The minimum Gasteiger partial charge on any atom is -0.490 e. The Labute approximate surface area is 120 Å². The number of para-hydroxylation sites is 2. The Bertz CT molecular complexity index is 447. The zero-order valence-electron chi connectivity index (χ0n) is 12.3. The molecule has 1 aliphatic heterocycles. The molecule has 20 heavy (non-hydrogen) atoms. The molecule has 1 aromatic rings. The predicted molar refractivity (Wildman–Crippen MR) is 79.2 cm³/mol. The highest BCUT2D eigenvalue weighted by atomic mass is 16.5. The lowest BCUT2D eigenvalue weighted by molar-refractivity contribution is -0.0381. The first-order valence-corrected chi connectivity index (χ1v) is 7.07. The summed E-state index contributed by atoms with van der Waals surface area (Å²) >= 11 is 0. The number of morpholine rings is 1. The van der Waals surface area contributed by atoms with E-state index in [1.807, 2.05) is 38.1 Å². The summed E-state index contributed by atoms with van der Waals surface area (Å²) in [7, 11) is 0. The Morgan fingerprint density at radius 3 is 2.70 bits per heavy atom. The van der Waals surface area contributed by atoms with Gasteiger partial charge in [0.15, 0.2) is 11.5 Å². The maximum absolute atomic E-state index is 5.85. The fourth-order valence-electron chi connectivity index (χ4n) is 2.19. The molecule has 1 unspecified atom stereocenters. The van der Waals surface area contributed by atoms with Gasteiger partial charge in [0.05, 0.1) is 13.2 Å². The molecule has 1 fully saturated rings. The molecule has 1 atom stereocenters. The average Bonchev–Trinajstić information content (AvgIpc) is 2.47. The third kappa shape index (κ3) is 3.90. The molecule has 0 amide bonds. The van der Waals surface area contributed by atoms with Gasteiger partial charge in [-0.1, -0.05) is 18.7 Å². The molecule has 1 aliphatic rings. The molecular weight excluding hydrogens is 254 g/mol. The second-order valence-corrected chi connectivity index (χ2v) is 4.86. The lowest BCUT2D eigenvalue weighted by Gasteiger charge is -2.34. The summed E-state index contributed by atoms with van der Waals surface area (Å²) in [5.74, 6) is 1.55. The van der Waals surface area contributed by atoms with Gasteiger partial charge in [-0.05, 0) is 26.0 Å². The SMILES string of the molecule is C=C(C)N1CCOC(COc2ccccc2OCC)C1. The summed E-state index contributed by atoms with van der Waals surface area (Å²) in [5, 5.41) is 0. The van der Waals surface area contributed by atoms with E-state index in [4.69, 9.17) is 14.2 Å². The minimum absolute atomic E-state index is 0.0649. The molecule has 1 heterocycles. The van der Waals surface area contributed by atoms with Crippen LogP contribution >= 0.6 is 0 Å². The summed E-state index contributed by atoms with van der Waals surface area (Å²) in [6, 6.07) is 7.72. The summed E-state index contributed by atoms with van der Waals surface area (Å²) in [5.41, 5.74) is 1.08. The molecule has 1 aromatic carbocycles. The van der Waals surface area contributed by atoms with Crippen LogP contribution in [0.4, 0.5) is 0 Å². The van der Waals surface area contributed by atoms with Gasteiger partial charge in [-0.25, -0.2) is 0 Å². The summed E-state index contributed by atoms with van der Waals surface area (Å²) in [4.78, 5) is 2.23. The van der Waals surface area contributed by atoms with Crippen LogP contribution in [0.25, 0.3) is 0 Å². The molecule has 0 aliphatic carbocycles. The van der Waals surface area contributed by atoms with Crippen LogP contribution in [0.15, 0.2) is 36.5 Å². The largest absolute Gasteiger partial charge is 0.490 e. The first kappa shape index (κ1) is 14.7. The van der Waals surface area contributed by atoms with Gasteiger partial charge in [-0.15, -0.1) is 0 Å². The number of hydrogen-bond acceptors (Lipinski definition) is 4. The van der Waals surface area contributed by atoms with Gasteiger partial charge >= 0.3 is 0 Å². The fraction of sp³-hybridized carbons (Fsp3) is 0.500. The molecule has 4 heteroatoms. The van der Waals surface area contributed by atoms with Crippen LogP contribution in [-0.2, 0) is 4.74 Å². The van der Waals surface area contributed by atoms with E-state index >= 15 is 0 Å². The van der Waals surface area contributed by atoms with Gasteiger partial charge in [-0.2, -0.15) is 0 Å². The molecule has 0 spiro atoms. The topological polar surface area (TPSA) is 30.9 Å². The Kier molecular flexibility index (Phi) is 5.30. The van der Waals surface area contributed by atoms with Crippen LogP contribution in [0.5, 0.6) is 11.5 Å². The molecule has 110 valence electrons. The van der Waals surface area contributed by atoms with Crippen molar-refractivity contribution < 1.29 is 14.2 Å². The molecule has 0 bridgehead atoms. The maximum atomic E-state index is 5.85. The first-order chi connectivity index (χ1) is 9.70. The Morgan fingerprint density at radius 1 is 1.35 bits per heavy atom. The van der Waals surface area contributed by atoms with E-state index in [-0.39, 0.29) is 6.10 Å². The van der Waals surface area contributed by atoms with Crippen LogP contribution in [0.1, 0.15) is 13.8 Å². The molecule has 2 rings (SSSR count). The third-order valence-corrected chi connectivity index (χ3v) is 3.25. The monoisotopic (exact) mass is 277 g/mol. The van der Waals surface area contributed by atoms with Crippen molar-refractivity contribution in [2.45, 2.75) is 20.0 Å². The van der Waals surface area contributed by atoms with E-state index in [1.165, 1.54) is 0 Å². The summed E-state index contributed by atoms with van der Waals surface area (Å²) < 4.78 is 17.1. The third-order valence-electron chi connectivity index (χ3n) is 3.25. The molecule has 0 aromatic heterocycles. The molecule has 0 radical (unpaired) electrons. The van der Waals surface area contributed by atoms with Crippen LogP contribution in [0.3, 0.4) is 0 Å². The highest BCUT2D eigenvalue weighted by Crippen LogP contribution is 2.26. The van der Waals surface area contributed by atoms with E-state index in [0.29, 0.717) is 19.8 Å². The normalized spacial score (nSPS) is 18.7. The van der Waals surface area contributed by atoms with E-state index in [2.05, 4.69) is 11.5 Å². The molecule has 0 saturated carbocycles. The molecule has 4 nitrogen and oxygen atoms in total. The number of hydrogen-bond donors (Lipinski definition) is 0. The van der Waals surface area contributed by atoms with Gasteiger partial charge in [-0.3, -0.25) is 0 Å². The van der Waals surface area contributed by atoms with E-state index in [1.54, 1.807) is 0 Å². The number of allylic oxidation sites excluding steroid dienone is 1. The first-order valence-electron chi connectivity index (χ1n) is 7.07. The van der Waals surface area contributed by atoms with Crippen molar-refractivity contribution in [1.29, 1.82) is 0 Å². The predicted octanol–water partition coefficient (Wildman–Crippen LogP) is 2.70. The number of benzene rings is 1. The summed E-state index contributed by atoms with van der Waals surface area (Å²) in [6.07, 6.45) is 0.0649. The standard InChI is InChI=1S/C16H23NO3/c1-4-18-15-7-5-6-8-16(15)20-12-14-11-17(13(2)3)9-10-19-14/h5-8,14H,2,4,9-12H2,1,3H3. The van der Waals surface area contributed by atoms with Gasteiger partial charge in [0.1, 0.15) is 12.7 Å². The lowest BCUT2D eigenvalue weighted by atomic mass is 10.2. The highest BCUT2D eigenvalue weighted by molar-refractivity contribution is 5.39. The number of rotatable bonds is 6. The zero-order chi connectivity index (χ0) is 14.4. The van der Waals surface area contributed by atoms with Crippen molar-refractivity contribution in [1.82, 2.24) is 4.90 Å². The second kappa shape index (κ2) is 7.20. The van der Waals surface area contributed by atoms with Gasteiger partial charge in [0.25, 0.3) is 0 Å². The Hall–Kier alpha value is -1.68. The van der Waals surface area contributed by atoms with Gasteiger partial charge in [0.2, 0.25) is 0 Å². The smallest absolute Gasteiger partial charge is 0.161 e. The quantitative estimate of drug-likeness (QED) is 0.800. The fourth-order valence-corrected chi connectivity index (χ4v) is 2.19. The van der Waals surface area contributed by atoms with E-state index in [0.717, 1.165) is 30.3 Å². The summed E-state index contributed by atoms with van der Waals surface area (Å²) in [6.45, 7) is 11.6. The van der Waals surface area contributed by atoms with Crippen LogP contribution in [-0.4, -0.2) is 43.9 Å². The Morgan fingerprint density at radius 2 is 2.05 bits per heavy atom. The maximum Gasteiger partial charge on any atom is 0.161 e. The van der Waals surface area contributed by atoms with Crippen LogP contribution in [0, 0.1) is 0 Å². The highest BCUT2D eigenvalue weighted by Gasteiger charge is 2.21. The lowest BCUT2D eigenvalue weighted by Crippen LogP contribution is -2.43. The van der Waals surface area contributed by atoms with Crippen molar-refractivity contribution in [3.63, 3.8) is 0 Å². The van der Waals surface area contributed by atoms with Gasteiger partial charge in [0, 0.05) is 18.8 Å². The number of ether oxygens (including phenoxy) is 3. The van der Waals surface area contributed by atoms with Crippen molar-refractivity contribution in [2.75, 3.05) is 32.9 Å². The van der Waals surface area contributed by atoms with Crippen molar-refractivity contribution >= 4 is 0 Å². The number of nitrogens with zero attached hydrogens (tertiary/aromatic N) is 1. The van der Waals surface area contributed by atoms with Crippen LogP contribution in [0.2, 0.25) is 0 Å². The minimum atomic E-state index is 0.0649. The van der Waals surface area contributed by atoms with Gasteiger partial charge < -0.3 is 19.1 Å². The van der Waals surface area contributed by atoms with Crippen LogP contribution < -0.4 is 9.47 Å². The van der Waals surface area contributed by atoms with Crippen molar-refractivity contribution in [3.05, 3.63) is 36.5 Å². The van der Waals surface area contributed by atoms with Crippen molar-refractivity contribution in [3.8, 4) is 11.5 Å². The molecular formula is C16H23NO3. The zero-order valence-corrected chi connectivity index (χ0v) is 12.3. The van der Waals surface area contributed by atoms with E-state index < -0.39 is 0 Å². The van der Waals surface area contributed by atoms with E-state index in [9.17, 15) is 0 Å². The van der Waals surface area contributed by atoms with Crippen molar-refractivity contribution in [2.24, 2.45) is 0 Å². The average molecular weight is 277 g/mol. The molecule has 0 N–H and O–H groups in total. The Balaban J connectivity index is 1.90.